The largest absolute Gasteiger partial charge is 0.452 e. The number of carbonyl (C=O) groups is 2. The highest BCUT2D eigenvalue weighted by Gasteiger charge is 2.17. The lowest BCUT2D eigenvalue weighted by Crippen LogP contribution is -2.37. The Morgan fingerprint density at radius 3 is 2.50 bits per heavy atom. The highest BCUT2D eigenvalue weighted by Crippen LogP contribution is 2.21. The van der Waals surface area contributed by atoms with E-state index in [2.05, 4.69) is 5.32 Å². The van der Waals surface area contributed by atoms with Crippen molar-refractivity contribution in [2.75, 3.05) is 6.61 Å². The minimum atomic E-state index is -0.650. The van der Waals surface area contributed by atoms with Crippen LogP contribution < -0.4 is 5.32 Å². The Morgan fingerprint density at radius 1 is 1.14 bits per heavy atom. The fraction of sp³-hybridized carbons (Fsp3) is 0.500. The summed E-state index contributed by atoms with van der Waals surface area (Å²) >= 11 is 11.7. The van der Waals surface area contributed by atoms with Gasteiger partial charge in [-0.25, -0.2) is 4.79 Å². The number of ether oxygens (including phenoxy) is 1. The van der Waals surface area contributed by atoms with Gasteiger partial charge < -0.3 is 10.1 Å². The van der Waals surface area contributed by atoms with Crippen molar-refractivity contribution >= 4 is 35.1 Å². The first-order valence-corrected chi connectivity index (χ1v) is 8.23. The van der Waals surface area contributed by atoms with Gasteiger partial charge in [-0.3, -0.25) is 4.79 Å². The van der Waals surface area contributed by atoms with Gasteiger partial charge in [0.2, 0.25) is 0 Å². The van der Waals surface area contributed by atoms with Crippen LogP contribution >= 0.6 is 23.2 Å². The summed E-state index contributed by atoms with van der Waals surface area (Å²) in [6, 6.07) is 4.71. The van der Waals surface area contributed by atoms with E-state index in [9.17, 15) is 9.59 Å². The quantitative estimate of drug-likeness (QED) is 0.664. The summed E-state index contributed by atoms with van der Waals surface area (Å²) in [5.74, 6) is -0.929. The molecule has 120 valence electrons. The molecule has 1 aliphatic carbocycles. The van der Waals surface area contributed by atoms with E-state index >= 15 is 0 Å². The molecular weight excluding hydrogens is 325 g/mol. The summed E-state index contributed by atoms with van der Waals surface area (Å²) in [4.78, 5) is 23.8. The standard InChI is InChI=1S/C16H19Cl2NO3/c17-11-7-8-14(18)13(9-11)16(21)22-10-15(20)19-12-5-3-1-2-4-6-12/h7-9,12H,1-6,10H2,(H,19,20). The van der Waals surface area contributed by atoms with E-state index in [1.165, 1.54) is 25.0 Å². The average molecular weight is 344 g/mol. The van der Waals surface area contributed by atoms with Crippen LogP contribution in [-0.4, -0.2) is 24.5 Å². The van der Waals surface area contributed by atoms with Crippen molar-refractivity contribution in [3.63, 3.8) is 0 Å². The summed E-state index contributed by atoms with van der Waals surface area (Å²) in [5.41, 5.74) is 0.163. The van der Waals surface area contributed by atoms with Gasteiger partial charge in [-0.05, 0) is 31.0 Å². The van der Waals surface area contributed by atoms with E-state index in [1.807, 2.05) is 0 Å². The molecule has 1 fully saturated rings. The summed E-state index contributed by atoms with van der Waals surface area (Å²) < 4.78 is 5.00. The maximum absolute atomic E-state index is 11.9. The smallest absolute Gasteiger partial charge is 0.340 e. The van der Waals surface area contributed by atoms with Crippen molar-refractivity contribution < 1.29 is 14.3 Å². The predicted molar refractivity (Wildman–Crippen MR) is 86.4 cm³/mol. The number of nitrogens with one attached hydrogen (secondary N) is 1. The highest BCUT2D eigenvalue weighted by molar-refractivity contribution is 6.35. The number of benzene rings is 1. The molecule has 6 heteroatoms. The molecule has 1 aromatic carbocycles. The van der Waals surface area contributed by atoms with Gasteiger partial charge >= 0.3 is 5.97 Å². The lowest BCUT2D eigenvalue weighted by molar-refractivity contribution is -0.125. The zero-order valence-corrected chi connectivity index (χ0v) is 13.8. The molecule has 0 bridgehead atoms. The number of rotatable bonds is 4. The molecule has 0 aromatic heterocycles. The minimum Gasteiger partial charge on any atom is -0.452 e. The molecule has 1 saturated carbocycles. The maximum atomic E-state index is 11.9. The number of hydrogen-bond donors (Lipinski definition) is 1. The zero-order chi connectivity index (χ0) is 15.9. The van der Waals surface area contributed by atoms with Crippen LogP contribution in [0.3, 0.4) is 0 Å². The van der Waals surface area contributed by atoms with Gasteiger partial charge in [0, 0.05) is 11.1 Å². The fourth-order valence-electron chi connectivity index (χ4n) is 2.56. The van der Waals surface area contributed by atoms with E-state index in [4.69, 9.17) is 27.9 Å². The zero-order valence-electron chi connectivity index (χ0n) is 12.2. The Bertz CT molecular complexity index is 540. The predicted octanol–water partition coefficient (Wildman–Crippen LogP) is 3.99. The van der Waals surface area contributed by atoms with Gasteiger partial charge in [0.25, 0.3) is 5.91 Å². The van der Waals surface area contributed by atoms with Crippen molar-refractivity contribution in [3.8, 4) is 0 Å². The van der Waals surface area contributed by atoms with Crippen LogP contribution in [0, 0.1) is 0 Å². The van der Waals surface area contributed by atoms with Crippen molar-refractivity contribution in [2.45, 2.75) is 44.6 Å². The van der Waals surface area contributed by atoms with E-state index in [-0.39, 0.29) is 29.1 Å². The lowest BCUT2D eigenvalue weighted by atomic mass is 10.1. The second-order valence-electron chi connectivity index (χ2n) is 5.46. The molecule has 2 rings (SSSR count). The molecule has 1 aromatic rings. The van der Waals surface area contributed by atoms with E-state index in [0.717, 1.165) is 25.7 Å². The fourth-order valence-corrected chi connectivity index (χ4v) is 2.92. The van der Waals surface area contributed by atoms with Crippen molar-refractivity contribution in [1.29, 1.82) is 0 Å². The van der Waals surface area contributed by atoms with Gasteiger partial charge in [-0.1, -0.05) is 48.9 Å². The Balaban J connectivity index is 1.82. The van der Waals surface area contributed by atoms with E-state index in [0.29, 0.717) is 5.02 Å². The molecular formula is C16H19Cl2NO3. The first-order valence-electron chi connectivity index (χ1n) is 7.48. The Kier molecular flexibility index (Phi) is 6.52. The summed E-state index contributed by atoms with van der Waals surface area (Å²) in [6.07, 6.45) is 6.66. The molecule has 22 heavy (non-hydrogen) atoms. The average Bonchev–Trinajstić information content (AvgIpc) is 2.76. The monoisotopic (exact) mass is 343 g/mol. The Morgan fingerprint density at radius 2 is 1.82 bits per heavy atom. The molecule has 0 heterocycles. The summed E-state index contributed by atoms with van der Waals surface area (Å²) in [6.45, 7) is -0.307. The Hall–Kier alpha value is -1.26. The number of hydrogen-bond acceptors (Lipinski definition) is 3. The molecule has 0 aliphatic heterocycles. The van der Waals surface area contributed by atoms with Crippen LogP contribution in [0.15, 0.2) is 18.2 Å². The van der Waals surface area contributed by atoms with Crippen LogP contribution in [-0.2, 0) is 9.53 Å². The summed E-state index contributed by atoms with van der Waals surface area (Å²) in [5, 5.41) is 3.55. The third-order valence-electron chi connectivity index (χ3n) is 3.70. The first-order chi connectivity index (χ1) is 10.6. The molecule has 0 unspecified atom stereocenters. The SMILES string of the molecule is O=C(COC(=O)c1cc(Cl)ccc1Cl)NC1CCCCCC1. The van der Waals surface area contributed by atoms with Gasteiger partial charge in [0.15, 0.2) is 6.61 Å². The molecule has 1 aliphatic rings. The number of carbonyl (C=O) groups excluding carboxylic acids is 2. The van der Waals surface area contributed by atoms with E-state index < -0.39 is 5.97 Å². The third kappa shape index (κ3) is 5.18. The van der Waals surface area contributed by atoms with Crippen molar-refractivity contribution in [3.05, 3.63) is 33.8 Å². The van der Waals surface area contributed by atoms with Gasteiger partial charge in [0.05, 0.1) is 10.6 Å². The van der Waals surface area contributed by atoms with Crippen molar-refractivity contribution in [2.24, 2.45) is 0 Å². The first kappa shape index (κ1) is 17.1. The molecule has 4 nitrogen and oxygen atoms in total. The summed E-state index contributed by atoms with van der Waals surface area (Å²) in [7, 11) is 0. The van der Waals surface area contributed by atoms with Gasteiger partial charge in [0.1, 0.15) is 0 Å². The van der Waals surface area contributed by atoms with Crippen LogP contribution in [0.5, 0.6) is 0 Å². The molecule has 0 saturated heterocycles. The maximum Gasteiger partial charge on any atom is 0.340 e. The second kappa shape index (κ2) is 8.39. The number of halogens is 2. The van der Waals surface area contributed by atoms with Crippen LogP contribution in [0.1, 0.15) is 48.9 Å². The van der Waals surface area contributed by atoms with Crippen LogP contribution in [0.2, 0.25) is 10.0 Å². The Labute approximate surface area is 140 Å². The molecule has 0 radical (unpaired) electrons. The molecule has 1 N–H and O–H groups in total. The van der Waals surface area contributed by atoms with Gasteiger partial charge in [-0.15, -0.1) is 0 Å². The highest BCUT2D eigenvalue weighted by atomic mass is 35.5. The van der Waals surface area contributed by atoms with Crippen molar-refractivity contribution in [1.82, 2.24) is 5.32 Å². The van der Waals surface area contributed by atoms with Gasteiger partial charge in [-0.2, -0.15) is 0 Å². The minimum absolute atomic E-state index is 0.163. The lowest BCUT2D eigenvalue weighted by Gasteiger charge is -2.16. The normalized spacial score (nSPS) is 15.9. The number of amides is 1. The molecule has 0 atom stereocenters. The molecule has 0 spiro atoms. The third-order valence-corrected chi connectivity index (χ3v) is 4.27. The van der Waals surface area contributed by atoms with Crippen LogP contribution in [0.4, 0.5) is 0 Å². The topological polar surface area (TPSA) is 55.4 Å². The molecule has 1 amide bonds. The number of esters is 1. The van der Waals surface area contributed by atoms with Crippen LogP contribution in [0.25, 0.3) is 0 Å². The van der Waals surface area contributed by atoms with E-state index in [1.54, 1.807) is 6.07 Å². The second-order valence-corrected chi connectivity index (χ2v) is 6.30.